The van der Waals surface area contributed by atoms with Crippen LogP contribution in [0.3, 0.4) is 0 Å². The van der Waals surface area contributed by atoms with E-state index in [1.807, 2.05) is 32.0 Å². The number of ether oxygens (including phenoxy) is 1. The van der Waals surface area contributed by atoms with Gasteiger partial charge in [-0.25, -0.2) is 4.79 Å². The van der Waals surface area contributed by atoms with Crippen LogP contribution in [0.5, 0.6) is 0 Å². The van der Waals surface area contributed by atoms with Gasteiger partial charge in [0, 0.05) is 12.7 Å². The zero-order valence-corrected chi connectivity index (χ0v) is 11.5. The predicted octanol–water partition coefficient (Wildman–Crippen LogP) is 1.52. The standard InChI is InChI=1S/C14H18N2O3/c1-9-5-6-11(10(2)7-9)16-12(14(18)15-3)8-13(17)19-4/h5-8,16H,1-4H3,(H,15,18)/b12-8-. The third-order valence-electron chi connectivity index (χ3n) is 2.59. The maximum atomic E-state index is 11.7. The van der Waals surface area contributed by atoms with Crippen LogP contribution in [0.25, 0.3) is 0 Å². The van der Waals surface area contributed by atoms with Gasteiger partial charge < -0.3 is 15.4 Å². The van der Waals surface area contributed by atoms with Crippen molar-refractivity contribution in [1.82, 2.24) is 5.32 Å². The lowest BCUT2D eigenvalue weighted by molar-refractivity contribution is -0.135. The molecular formula is C14H18N2O3. The van der Waals surface area contributed by atoms with Crippen molar-refractivity contribution in [2.45, 2.75) is 13.8 Å². The summed E-state index contributed by atoms with van der Waals surface area (Å²) in [5, 5.41) is 5.41. The van der Waals surface area contributed by atoms with Crippen LogP contribution < -0.4 is 10.6 Å². The Morgan fingerprint density at radius 2 is 1.95 bits per heavy atom. The first kappa shape index (κ1) is 14.8. The molecule has 0 spiro atoms. The van der Waals surface area contributed by atoms with Gasteiger partial charge in [-0.2, -0.15) is 0 Å². The predicted molar refractivity (Wildman–Crippen MR) is 73.7 cm³/mol. The molecule has 0 atom stereocenters. The highest BCUT2D eigenvalue weighted by Gasteiger charge is 2.11. The summed E-state index contributed by atoms with van der Waals surface area (Å²) in [6, 6.07) is 5.77. The molecule has 0 aliphatic rings. The number of carbonyl (C=O) groups is 2. The van der Waals surface area contributed by atoms with Gasteiger partial charge in [-0.3, -0.25) is 4.79 Å². The van der Waals surface area contributed by atoms with Gasteiger partial charge in [0.05, 0.1) is 13.2 Å². The number of hydrogen-bond donors (Lipinski definition) is 2. The molecule has 0 saturated heterocycles. The molecule has 2 N–H and O–H groups in total. The molecule has 0 aliphatic carbocycles. The van der Waals surface area contributed by atoms with E-state index in [1.165, 1.54) is 14.2 Å². The Labute approximate surface area is 112 Å². The summed E-state index contributed by atoms with van der Waals surface area (Å²) in [6.45, 7) is 3.91. The van der Waals surface area contributed by atoms with Gasteiger partial charge in [0.25, 0.3) is 5.91 Å². The second-order valence-electron chi connectivity index (χ2n) is 4.10. The third-order valence-corrected chi connectivity index (χ3v) is 2.59. The van der Waals surface area contributed by atoms with Crippen LogP contribution in [0, 0.1) is 13.8 Å². The monoisotopic (exact) mass is 262 g/mol. The van der Waals surface area contributed by atoms with Crippen LogP contribution in [0.4, 0.5) is 5.69 Å². The smallest absolute Gasteiger partial charge is 0.332 e. The quantitative estimate of drug-likeness (QED) is 0.637. The van der Waals surface area contributed by atoms with Crippen LogP contribution in [0.1, 0.15) is 11.1 Å². The Morgan fingerprint density at radius 1 is 1.26 bits per heavy atom. The van der Waals surface area contributed by atoms with Gasteiger partial charge in [-0.05, 0) is 25.5 Å². The second kappa shape index (κ2) is 6.58. The fraction of sp³-hybridized carbons (Fsp3) is 0.286. The average molecular weight is 262 g/mol. The van der Waals surface area contributed by atoms with E-state index in [1.54, 1.807) is 0 Å². The minimum atomic E-state index is -0.587. The number of hydrogen-bond acceptors (Lipinski definition) is 4. The van der Waals surface area contributed by atoms with Crippen molar-refractivity contribution in [2.75, 3.05) is 19.5 Å². The third kappa shape index (κ3) is 4.13. The van der Waals surface area contributed by atoms with E-state index in [0.717, 1.165) is 22.9 Å². The SMILES string of the molecule is CNC(=O)/C(=C/C(=O)OC)Nc1ccc(C)cc1C. The summed E-state index contributed by atoms with van der Waals surface area (Å²) in [5.41, 5.74) is 3.02. The second-order valence-corrected chi connectivity index (χ2v) is 4.10. The molecule has 102 valence electrons. The van der Waals surface area contributed by atoms with Crippen molar-refractivity contribution in [3.8, 4) is 0 Å². The number of anilines is 1. The Hall–Kier alpha value is -2.30. The number of nitrogens with one attached hydrogen (secondary N) is 2. The minimum absolute atomic E-state index is 0.140. The highest BCUT2D eigenvalue weighted by atomic mass is 16.5. The summed E-state index contributed by atoms with van der Waals surface area (Å²) in [5.74, 6) is -0.971. The van der Waals surface area contributed by atoms with Crippen LogP contribution in [-0.2, 0) is 14.3 Å². The molecule has 0 aromatic heterocycles. The van der Waals surface area contributed by atoms with Crippen molar-refractivity contribution in [3.63, 3.8) is 0 Å². The first-order valence-electron chi connectivity index (χ1n) is 5.84. The van der Waals surface area contributed by atoms with E-state index in [9.17, 15) is 9.59 Å². The van der Waals surface area contributed by atoms with Gasteiger partial charge in [0.2, 0.25) is 0 Å². The lowest BCUT2D eigenvalue weighted by Gasteiger charge is -2.12. The topological polar surface area (TPSA) is 67.4 Å². The first-order valence-corrected chi connectivity index (χ1v) is 5.84. The van der Waals surface area contributed by atoms with E-state index >= 15 is 0 Å². The fourth-order valence-electron chi connectivity index (χ4n) is 1.57. The average Bonchev–Trinajstić information content (AvgIpc) is 2.39. The maximum Gasteiger partial charge on any atom is 0.332 e. The fourth-order valence-corrected chi connectivity index (χ4v) is 1.57. The Kier molecular flexibility index (Phi) is 5.11. The number of esters is 1. The number of methoxy groups -OCH3 is 1. The van der Waals surface area contributed by atoms with Crippen LogP contribution in [-0.4, -0.2) is 26.0 Å². The maximum absolute atomic E-state index is 11.7. The van der Waals surface area contributed by atoms with Crippen LogP contribution in [0.2, 0.25) is 0 Å². The molecule has 5 nitrogen and oxygen atoms in total. The molecule has 0 unspecified atom stereocenters. The van der Waals surface area contributed by atoms with Crippen molar-refractivity contribution in [1.29, 1.82) is 0 Å². The molecule has 1 amide bonds. The Bertz CT molecular complexity index is 521. The summed E-state index contributed by atoms with van der Waals surface area (Å²) in [7, 11) is 2.76. The number of carbonyl (C=O) groups excluding carboxylic acids is 2. The number of amides is 1. The van der Waals surface area contributed by atoms with E-state index in [0.29, 0.717) is 0 Å². The Balaban J connectivity index is 3.04. The Morgan fingerprint density at radius 3 is 2.47 bits per heavy atom. The lowest BCUT2D eigenvalue weighted by atomic mass is 10.1. The summed E-state index contributed by atoms with van der Waals surface area (Å²) >= 11 is 0. The van der Waals surface area contributed by atoms with E-state index in [2.05, 4.69) is 15.4 Å². The van der Waals surface area contributed by atoms with Crippen molar-refractivity contribution in [2.24, 2.45) is 0 Å². The minimum Gasteiger partial charge on any atom is -0.466 e. The molecule has 0 radical (unpaired) electrons. The molecule has 0 heterocycles. The van der Waals surface area contributed by atoms with Crippen molar-refractivity contribution in [3.05, 3.63) is 41.1 Å². The molecule has 0 fully saturated rings. The summed E-state index contributed by atoms with van der Waals surface area (Å²) in [6.07, 6.45) is 1.12. The van der Waals surface area contributed by atoms with Gasteiger partial charge >= 0.3 is 5.97 Å². The molecule has 0 bridgehead atoms. The van der Waals surface area contributed by atoms with Gasteiger partial charge in [0.1, 0.15) is 5.70 Å². The summed E-state index contributed by atoms with van der Waals surface area (Å²) in [4.78, 5) is 22.9. The van der Waals surface area contributed by atoms with Gasteiger partial charge in [-0.1, -0.05) is 17.7 Å². The largest absolute Gasteiger partial charge is 0.466 e. The molecule has 1 aromatic rings. The van der Waals surface area contributed by atoms with E-state index in [-0.39, 0.29) is 11.6 Å². The van der Waals surface area contributed by atoms with E-state index < -0.39 is 5.97 Å². The number of aryl methyl sites for hydroxylation is 2. The van der Waals surface area contributed by atoms with Crippen LogP contribution in [0.15, 0.2) is 30.0 Å². The molecule has 19 heavy (non-hydrogen) atoms. The molecule has 5 heteroatoms. The van der Waals surface area contributed by atoms with Crippen molar-refractivity contribution < 1.29 is 14.3 Å². The molecule has 1 rings (SSSR count). The lowest BCUT2D eigenvalue weighted by Crippen LogP contribution is -2.25. The zero-order valence-electron chi connectivity index (χ0n) is 11.5. The van der Waals surface area contributed by atoms with E-state index in [4.69, 9.17) is 0 Å². The molecule has 1 aromatic carbocycles. The zero-order chi connectivity index (χ0) is 14.4. The number of benzene rings is 1. The highest BCUT2D eigenvalue weighted by molar-refractivity contribution is 6.01. The molecule has 0 saturated carbocycles. The summed E-state index contributed by atoms with van der Waals surface area (Å²) < 4.78 is 4.53. The molecule has 0 aliphatic heterocycles. The normalized spacial score (nSPS) is 10.8. The first-order chi connectivity index (χ1) is 8.97. The number of rotatable bonds is 4. The molecular weight excluding hydrogens is 244 g/mol. The van der Waals surface area contributed by atoms with Gasteiger partial charge in [0.15, 0.2) is 0 Å². The van der Waals surface area contributed by atoms with Crippen molar-refractivity contribution >= 4 is 17.6 Å². The van der Waals surface area contributed by atoms with Gasteiger partial charge in [-0.15, -0.1) is 0 Å². The van der Waals surface area contributed by atoms with Crippen LogP contribution >= 0.6 is 0 Å². The number of likely N-dealkylation sites (N-methyl/N-ethyl adjacent to an activating group) is 1. The highest BCUT2D eigenvalue weighted by Crippen LogP contribution is 2.18.